The quantitative estimate of drug-likeness (QED) is 0.760. The van der Waals surface area contributed by atoms with Crippen LogP contribution in [0.4, 0.5) is 4.79 Å². The molecule has 0 aromatic carbocycles. The van der Waals surface area contributed by atoms with Gasteiger partial charge in [-0.3, -0.25) is 9.59 Å². The number of aliphatic carboxylic acids is 1. The molecule has 0 aliphatic carbocycles. The molecule has 1 rings (SSSR count). The van der Waals surface area contributed by atoms with Crippen molar-refractivity contribution < 1.29 is 19.5 Å². The minimum absolute atomic E-state index is 0.134. The molecule has 3 N–H and O–H groups in total. The lowest BCUT2D eigenvalue weighted by Gasteiger charge is -2.35. The van der Waals surface area contributed by atoms with Crippen LogP contribution in [-0.4, -0.2) is 59.0 Å². The third kappa shape index (κ3) is 4.71. The number of primary amides is 1. The third-order valence-electron chi connectivity index (χ3n) is 3.24. The molecule has 7 heteroatoms. The molecule has 0 aromatic rings. The lowest BCUT2D eigenvalue weighted by atomic mass is 9.98. The molecule has 0 spiro atoms. The summed E-state index contributed by atoms with van der Waals surface area (Å²) in [6.45, 7) is 4.90. The summed E-state index contributed by atoms with van der Waals surface area (Å²) in [5.41, 5.74) is 5.17. The summed E-state index contributed by atoms with van der Waals surface area (Å²) in [5.74, 6) is -1.76. The zero-order valence-electron chi connectivity index (χ0n) is 12.0. The Morgan fingerprint density at radius 2 is 2.05 bits per heavy atom. The molecule has 114 valence electrons. The Bertz CT molecular complexity index is 384. The highest BCUT2D eigenvalue weighted by Gasteiger charge is 2.31. The number of hydrogen-bond acceptors (Lipinski definition) is 3. The summed E-state index contributed by atoms with van der Waals surface area (Å²) in [7, 11) is 0. The Morgan fingerprint density at radius 1 is 1.40 bits per heavy atom. The molecule has 1 aliphatic heterocycles. The van der Waals surface area contributed by atoms with E-state index in [0.29, 0.717) is 25.9 Å². The predicted molar refractivity (Wildman–Crippen MR) is 72.9 cm³/mol. The van der Waals surface area contributed by atoms with Gasteiger partial charge in [0.1, 0.15) is 6.54 Å². The van der Waals surface area contributed by atoms with Crippen molar-refractivity contribution in [1.82, 2.24) is 9.80 Å². The molecule has 0 radical (unpaired) electrons. The van der Waals surface area contributed by atoms with Crippen LogP contribution in [0.25, 0.3) is 0 Å². The van der Waals surface area contributed by atoms with E-state index in [9.17, 15) is 14.4 Å². The number of amides is 3. The number of nitrogens with two attached hydrogens (primary N) is 1. The van der Waals surface area contributed by atoms with E-state index in [0.717, 1.165) is 0 Å². The van der Waals surface area contributed by atoms with Crippen molar-refractivity contribution in [2.75, 3.05) is 26.2 Å². The highest BCUT2D eigenvalue weighted by Crippen LogP contribution is 2.18. The number of carboxylic acid groups (broad SMARTS) is 1. The highest BCUT2D eigenvalue weighted by molar-refractivity contribution is 5.83. The maximum absolute atomic E-state index is 12.4. The lowest BCUT2D eigenvalue weighted by Crippen LogP contribution is -2.51. The minimum Gasteiger partial charge on any atom is -0.481 e. The second-order valence-corrected chi connectivity index (χ2v) is 5.65. The molecule has 1 fully saturated rings. The van der Waals surface area contributed by atoms with E-state index in [-0.39, 0.29) is 25.0 Å². The predicted octanol–water partition coefficient (Wildman–Crippen LogP) is 0.346. The number of rotatable bonds is 5. The van der Waals surface area contributed by atoms with Gasteiger partial charge in [-0.25, -0.2) is 4.79 Å². The van der Waals surface area contributed by atoms with Gasteiger partial charge < -0.3 is 20.6 Å². The Labute approximate surface area is 118 Å². The summed E-state index contributed by atoms with van der Waals surface area (Å²) in [4.78, 5) is 37.4. The topological polar surface area (TPSA) is 104 Å². The molecule has 1 aliphatic rings. The summed E-state index contributed by atoms with van der Waals surface area (Å²) in [5, 5.41) is 9.04. The fraction of sp³-hybridized carbons (Fsp3) is 0.769. The second-order valence-electron chi connectivity index (χ2n) is 5.65. The van der Waals surface area contributed by atoms with E-state index >= 15 is 0 Å². The van der Waals surface area contributed by atoms with Crippen molar-refractivity contribution in [3.63, 3.8) is 0 Å². The molecule has 1 atom stereocenters. The van der Waals surface area contributed by atoms with E-state index in [1.54, 1.807) is 0 Å². The third-order valence-corrected chi connectivity index (χ3v) is 3.24. The number of piperidine rings is 1. The Kier molecular flexibility index (Phi) is 5.79. The number of likely N-dealkylation sites (tertiary alicyclic amines) is 1. The van der Waals surface area contributed by atoms with Gasteiger partial charge in [0, 0.05) is 19.6 Å². The number of carbonyl (C=O) groups excluding carboxylic acids is 2. The average molecular weight is 285 g/mol. The van der Waals surface area contributed by atoms with Gasteiger partial charge in [0.25, 0.3) is 0 Å². The Morgan fingerprint density at radius 3 is 2.55 bits per heavy atom. The summed E-state index contributed by atoms with van der Waals surface area (Å²) < 4.78 is 0. The van der Waals surface area contributed by atoms with Gasteiger partial charge in [-0.15, -0.1) is 0 Å². The first-order valence-electron chi connectivity index (χ1n) is 6.86. The fourth-order valence-corrected chi connectivity index (χ4v) is 2.39. The Hall–Kier alpha value is -1.79. The van der Waals surface area contributed by atoms with Crippen molar-refractivity contribution in [2.45, 2.75) is 26.7 Å². The molecule has 1 saturated heterocycles. The van der Waals surface area contributed by atoms with E-state index in [1.165, 1.54) is 9.80 Å². The largest absolute Gasteiger partial charge is 0.481 e. The van der Waals surface area contributed by atoms with Crippen molar-refractivity contribution >= 4 is 17.9 Å². The second kappa shape index (κ2) is 7.12. The molecule has 0 saturated carbocycles. The van der Waals surface area contributed by atoms with Crippen LogP contribution in [0.1, 0.15) is 26.7 Å². The molecule has 3 amide bonds. The minimum atomic E-state index is -0.882. The fourth-order valence-electron chi connectivity index (χ4n) is 2.39. The van der Waals surface area contributed by atoms with E-state index in [2.05, 4.69) is 0 Å². The van der Waals surface area contributed by atoms with Crippen LogP contribution in [0.3, 0.4) is 0 Å². The van der Waals surface area contributed by atoms with Gasteiger partial charge in [0.05, 0.1) is 5.92 Å². The average Bonchev–Trinajstić information content (AvgIpc) is 2.36. The summed E-state index contributed by atoms with van der Waals surface area (Å²) in [6.07, 6.45) is 1.24. The molecule has 1 heterocycles. The van der Waals surface area contributed by atoms with Crippen LogP contribution in [0.5, 0.6) is 0 Å². The highest BCUT2D eigenvalue weighted by atomic mass is 16.4. The maximum Gasteiger partial charge on any atom is 0.320 e. The van der Waals surface area contributed by atoms with Crippen LogP contribution in [0, 0.1) is 11.8 Å². The van der Waals surface area contributed by atoms with Crippen molar-refractivity contribution in [1.29, 1.82) is 0 Å². The standard InChI is InChI=1S/C13H23N3O4/c1-9(2)6-16(8-11(14)17)13(20)15-5-3-4-10(7-15)12(18)19/h9-10H,3-8H2,1-2H3,(H2,14,17)(H,18,19)/t10-/m1/s1. The number of nitrogens with zero attached hydrogens (tertiary/aromatic N) is 2. The maximum atomic E-state index is 12.4. The first-order chi connectivity index (χ1) is 9.31. The van der Waals surface area contributed by atoms with Crippen LogP contribution < -0.4 is 5.73 Å². The first-order valence-corrected chi connectivity index (χ1v) is 6.86. The number of carbonyl (C=O) groups is 3. The Balaban J connectivity index is 2.72. The molecule has 0 bridgehead atoms. The van der Waals surface area contributed by atoms with Crippen molar-refractivity contribution in [3.8, 4) is 0 Å². The zero-order chi connectivity index (χ0) is 15.3. The van der Waals surface area contributed by atoms with Crippen LogP contribution in [-0.2, 0) is 9.59 Å². The molecule has 7 nitrogen and oxygen atoms in total. The van der Waals surface area contributed by atoms with Crippen molar-refractivity contribution in [3.05, 3.63) is 0 Å². The molecular formula is C13H23N3O4. The van der Waals surface area contributed by atoms with E-state index < -0.39 is 17.8 Å². The monoisotopic (exact) mass is 285 g/mol. The van der Waals surface area contributed by atoms with Crippen LogP contribution in [0.2, 0.25) is 0 Å². The SMILES string of the molecule is CC(C)CN(CC(N)=O)C(=O)N1CCC[C@@H](C(=O)O)C1. The number of carboxylic acids is 1. The molecule has 0 unspecified atom stereocenters. The number of hydrogen-bond donors (Lipinski definition) is 2. The van der Waals surface area contributed by atoms with Gasteiger partial charge >= 0.3 is 12.0 Å². The van der Waals surface area contributed by atoms with E-state index in [4.69, 9.17) is 10.8 Å². The smallest absolute Gasteiger partial charge is 0.320 e. The zero-order valence-corrected chi connectivity index (χ0v) is 12.0. The normalized spacial score (nSPS) is 18.9. The molecule has 0 aromatic heterocycles. The van der Waals surface area contributed by atoms with Crippen LogP contribution in [0.15, 0.2) is 0 Å². The summed E-state index contributed by atoms with van der Waals surface area (Å²) in [6, 6.07) is -0.302. The van der Waals surface area contributed by atoms with Crippen molar-refractivity contribution in [2.24, 2.45) is 17.6 Å². The first kappa shape index (κ1) is 16.3. The number of urea groups is 1. The van der Waals surface area contributed by atoms with E-state index in [1.807, 2.05) is 13.8 Å². The molecular weight excluding hydrogens is 262 g/mol. The van der Waals surface area contributed by atoms with Gasteiger partial charge in [0.2, 0.25) is 5.91 Å². The van der Waals surface area contributed by atoms with Gasteiger partial charge in [-0.1, -0.05) is 13.8 Å². The van der Waals surface area contributed by atoms with Gasteiger partial charge in [0.15, 0.2) is 0 Å². The van der Waals surface area contributed by atoms with Gasteiger partial charge in [-0.2, -0.15) is 0 Å². The summed E-state index contributed by atoms with van der Waals surface area (Å²) >= 11 is 0. The van der Waals surface area contributed by atoms with Gasteiger partial charge in [-0.05, 0) is 18.8 Å². The molecule has 20 heavy (non-hydrogen) atoms. The lowest BCUT2D eigenvalue weighted by molar-refractivity contribution is -0.143. The van der Waals surface area contributed by atoms with Crippen LogP contribution >= 0.6 is 0 Å².